The Hall–Kier alpha value is -2.44. The van der Waals surface area contributed by atoms with Crippen LogP contribution in [0.1, 0.15) is 49.1 Å². The van der Waals surface area contributed by atoms with Crippen molar-refractivity contribution in [3.63, 3.8) is 0 Å². The van der Waals surface area contributed by atoms with Crippen molar-refractivity contribution in [3.8, 4) is 5.82 Å². The number of amides is 1. The fourth-order valence-corrected chi connectivity index (χ4v) is 3.36. The number of nitrogens with zero attached hydrogens (tertiary/aromatic N) is 4. The van der Waals surface area contributed by atoms with Crippen molar-refractivity contribution in [1.82, 2.24) is 25.3 Å². The van der Waals surface area contributed by atoms with Gasteiger partial charge in [0.15, 0.2) is 5.82 Å². The minimum absolute atomic E-state index is 0.188. The summed E-state index contributed by atoms with van der Waals surface area (Å²) in [5.74, 6) is 1.79. The minimum atomic E-state index is 0.188. The molecule has 2 aromatic heterocycles. The summed E-state index contributed by atoms with van der Waals surface area (Å²) in [6, 6.07) is 3.78. The Balaban J connectivity index is 1.47. The Morgan fingerprint density at radius 3 is 2.50 bits per heavy atom. The van der Waals surface area contributed by atoms with Crippen molar-refractivity contribution >= 4 is 11.7 Å². The van der Waals surface area contributed by atoms with Crippen molar-refractivity contribution in [2.75, 3.05) is 18.4 Å². The van der Waals surface area contributed by atoms with Crippen LogP contribution in [0.4, 0.5) is 5.82 Å². The molecule has 0 radical (unpaired) electrons. The third kappa shape index (κ3) is 4.20. The molecule has 1 aliphatic rings. The zero-order chi connectivity index (χ0) is 18.5. The summed E-state index contributed by atoms with van der Waals surface area (Å²) >= 11 is 0. The highest BCUT2D eigenvalue weighted by molar-refractivity contribution is 5.78. The molecule has 0 aromatic carbocycles. The highest BCUT2D eigenvalue weighted by Gasteiger charge is 2.20. The van der Waals surface area contributed by atoms with E-state index in [1.807, 2.05) is 30.7 Å². The van der Waals surface area contributed by atoms with Crippen molar-refractivity contribution in [1.29, 1.82) is 0 Å². The summed E-state index contributed by atoms with van der Waals surface area (Å²) in [6.45, 7) is 7.29. The van der Waals surface area contributed by atoms with Crippen LogP contribution in [0.15, 0.2) is 12.1 Å². The molecular formula is C19H28N6O. The van der Waals surface area contributed by atoms with Crippen LogP contribution < -0.4 is 10.6 Å². The van der Waals surface area contributed by atoms with Crippen LogP contribution in [-0.2, 0) is 4.79 Å². The van der Waals surface area contributed by atoms with Gasteiger partial charge in [0.1, 0.15) is 5.82 Å². The molecular weight excluding hydrogens is 328 g/mol. The molecule has 2 N–H and O–H groups in total. The van der Waals surface area contributed by atoms with Gasteiger partial charge in [-0.2, -0.15) is 5.10 Å². The molecule has 2 aromatic rings. The van der Waals surface area contributed by atoms with E-state index in [2.05, 4.69) is 32.9 Å². The number of aromatic nitrogens is 4. The molecule has 1 aliphatic carbocycles. The van der Waals surface area contributed by atoms with E-state index >= 15 is 0 Å². The molecule has 1 saturated carbocycles. The Kier molecular flexibility index (Phi) is 5.85. The molecule has 7 nitrogen and oxygen atoms in total. The summed E-state index contributed by atoms with van der Waals surface area (Å²) in [5.41, 5.74) is 3.24. The fraction of sp³-hybridized carbons (Fsp3) is 0.579. The number of carbonyl (C=O) groups excluding carboxylic acids is 1. The van der Waals surface area contributed by atoms with Crippen LogP contribution in [0.5, 0.6) is 0 Å². The number of carbonyl (C=O) groups is 1. The largest absolute Gasteiger partial charge is 0.367 e. The average Bonchev–Trinajstić information content (AvgIpc) is 2.93. The molecule has 0 aliphatic heterocycles. The normalized spacial score (nSPS) is 15.0. The maximum Gasteiger partial charge on any atom is 0.223 e. The summed E-state index contributed by atoms with van der Waals surface area (Å²) in [7, 11) is 0. The predicted molar refractivity (Wildman–Crippen MR) is 101 cm³/mol. The number of hydrogen-bond donors (Lipinski definition) is 2. The third-order valence-corrected chi connectivity index (χ3v) is 5.23. The summed E-state index contributed by atoms with van der Waals surface area (Å²) in [4.78, 5) is 12.1. The zero-order valence-corrected chi connectivity index (χ0v) is 15.9. The number of rotatable bonds is 6. The molecule has 140 valence electrons. The van der Waals surface area contributed by atoms with E-state index in [4.69, 9.17) is 0 Å². The quantitative estimate of drug-likeness (QED) is 0.778. The molecule has 1 amide bonds. The SMILES string of the molecule is Cc1nn(-c2ccc(NCCNC(=O)C3CCCCC3)nn2)c(C)c1C. The predicted octanol–water partition coefficient (Wildman–Crippen LogP) is 2.70. The Labute approximate surface area is 154 Å². The van der Waals surface area contributed by atoms with E-state index in [9.17, 15) is 4.79 Å². The summed E-state index contributed by atoms with van der Waals surface area (Å²) < 4.78 is 1.81. The maximum atomic E-state index is 12.1. The van der Waals surface area contributed by atoms with Gasteiger partial charge in [-0.3, -0.25) is 4.79 Å². The average molecular weight is 356 g/mol. The highest BCUT2D eigenvalue weighted by Crippen LogP contribution is 2.23. The van der Waals surface area contributed by atoms with Crippen LogP contribution in [0, 0.1) is 26.7 Å². The second-order valence-corrected chi connectivity index (χ2v) is 7.04. The first kappa shape index (κ1) is 18.4. The first-order valence-corrected chi connectivity index (χ1v) is 9.45. The zero-order valence-electron chi connectivity index (χ0n) is 15.9. The van der Waals surface area contributed by atoms with Crippen molar-refractivity contribution < 1.29 is 4.79 Å². The van der Waals surface area contributed by atoms with E-state index in [0.29, 0.717) is 24.7 Å². The van der Waals surface area contributed by atoms with E-state index in [-0.39, 0.29) is 11.8 Å². The van der Waals surface area contributed by atoms with Gasteiger partial charge in [-0.05, 0) is 51.3 Å². The lowest BCUT2D eigenvalue weighted by Gasteiger charge is -2.20. The van der Waals surface area contributed by atoms with Gasteiger partial charge in [0.25, 0.3) is 0 Å². The molecule has 0 atom stereocenters. The van der Waals surface area contributed by atoms with Gasteiger partial charge >= 0.3 is 0 Å². The lowest BCUT2D eigenvalue weighted by atomic mass is 9.89. The van der Waals surface area contributed by atoms with Crippen LogP contribution in [0.2, 0.25) is 0 Å². The topological polar surface area (TPSA) is 84.7 Å². The second kappa shape index (κ2) is 8.29. The van der Waals surface area contributed by atoms with Gasteiger partial charge in [-0.15, -0.1) is 10.2 Å². The molecule has 3 rings (SSSR count). The Bertz CT molecular complexity index is 746. The van der Waals surface area contributed by atoms with Gasteiger partial charge in [-0.1, -0.05) is 19.3 Å². The maximum absolute atomic E-state index is 12.1. The molecule has 0 spiro atoms. The molecule has 0 saturated heterocycles. The first-order valence-electron chi connectivity index (χ1n) is 9.45. The van der Waals surface area contributed by atoms with Crippen molar-refractivity contribution in [3.05, 3.63) is 29.1 Å². The summed E-state index contributed by atoms with van der Waals surface area (Å²) in [6.07, 6.45) is 5.66. The molecule has 0 bridgehead atoms. The van der Waals surface area contributed by atoms with Gasteiger partial charge in [0.2, 0.25) is 5.91 Å². The van der Waals surface area contributed by atoms with Crippen LogP contribution >= 0.6 is 0 Å². The Morgan fingerprint density at radius 1 is 1.12 bits per heavy atom. The molecule has 1 fully saturated rings. The Morgan fingerprint density at radius 2 is 1.88 bits per heavy atom. The number of nitrogens with one attached hydrogen (secondary N) is 2. The van der Waals surface area contributed by atoms with Gasteiger partial charge < -0.3 is 10.6 Å². The first-order chi connectivity index (χ1) is 12.6. The van der Waals surface area contributed by atoms with Crippen LogP contribution in [-0.4, -0.2) is 39.0 Å². The standard InChI is InChI=1S/C19H28N6O/c1-13-14(2)24-25(15(13)3)18-10-9-17(22-23-18)20-11-12-21-19(26)16-7-5-4-6-8-16/h9-10,16H,4-8,11-12H2,1-3H3,(H,20,22)(H,21,26). The van der Waals surface area contributed by atoms with Gasteiger partial charge in [0, 0.05) is 24.7 Å². The highest BCUT2D eigenvalue weighted by atomic mass is 16.1. The van der Waals surface area contributed by atoms with E-state index in [0.717, 1.165) is 24.2 Å². The molecule has 2 heterocycles. The van der Waals surface area contributed by atoms with E-state index in [1.54, 1.807) is 0 Å². The number of hydrogen-bond acceptors (Lipinski definition) is 5. The van der Waals surface area contributed by atoms with E-state index in [1.165, 1.54) is 24.8 Å². The lowest BCUT2D eigenvalue weighted by Crippen LogP contribution is -2.35. The van der Waals surface area contributed by atoms with Gasteiger partial charge in [0.05, 0.1) is 5.69 Å². The second-order valence-electron chi connectivity index (χ2n) is 7.04. The molecule has 26 heavy (non-hydrogen) atoms. The minimum Gasteiger partial charge on any atom is -0.367 e. The molecule has 7 heteroatoms. The number of anilines is 1. The molecule has 0 unspecified atom stereocenters. The van der Waals surface area contributed by atoms with Crippen molar-refractivity contribution in [2.24, 2.45) is 5.92 Å². The monoisotopic (exact) mass is 356 g/mol. The van der Waals surface area contributed by atoms with E-state index < -0.39 is 0 Å². The lowest BCUT2D eigenvalue weighted by molar-refractivity contribution is -0.125. The van der Waals surface area contributed by atoms with Crippen molar-refractivity contribution in [2.45, 2.75) is 52.9 Å². The smallest absolute Gasteiger partial charge is 0.223 e. The van der Waals surface area contributed by atoms with Crippen LogP contribution in [0.3, 0.4) is 0 Å². The summed E-state index contributed by atoms with van der Waals surface area (Å²) in [5, 5.41) is 19.2. The van der Waals surface area contributed by atoms with Crippen LogP contribution in [0.25, 0.3) is 5.82 Å². The number of aryl methyl sites for hydroxylation is 1. The fourth-order valence-electron chi connectivity index (χ4n) is 3.36. The van der Waals surface area contributed by atoms with Gasteiger partial charge in [-0.25, -0.2) is 4.68 Å². The third-order valence-electron chi connectivity index (χ3n) is 5.23.